The molecule has 1 amide bonds. The highest BCUT2D eigenvalue weighted by atomic mass is 16.3. The van der Waals surface area contributed by atoms with E-state index in [-0.39, 0.29) is 12.5 Å². The van der Waals surface area contributed by atoms with E-state index in [9.17, 15) is 15.0 Å². The maximum atomic E-state index is 12.3. The lowest BCUT2D eigenvalue weighted by atomic mass is 9.99. The number of allylic oxidation sites excluding steroid dienone is 1. The van der Waals surface area contributed by atoms with E-state index in [2.05, 4.69) is 26.1 Å². The molecule has 0 aliphatic carbocycles. The highest BCUT2D eigenvalue weighted by Gasteiger charge is 2.17. The van der Waals surface area contributed by atoms with Gasteiger partial charge in [0.05, 0.1) is 18.8 Å². The van der Waals surface area contributed by atoms with Crippen molar-refractivity contribution in [3.05, 3.63) is 12.2 Å². The Bertz CT molecular complexity index is 622. The molecule has 4 heteroatoms. The fraction of sp³-hybridized carbons (Fsp3) is 0.927. The summed E-state index contributed by atoms with van der Waals surface area (Å²) in [5.41, 5.74) is 0. The Labute approximate surface area is 282 Å². The lowest BCUT2D eigenvalue weighted by Crippen LogP contribution is -2.45. The Kier molecular flexibility index (Phi) is 35.3. The van der Waals surface area contributed by atoms with Crippen LogP contribution in [-0.4, -0.2) is 34.9 Å². The zero-order valence-electron chi connectivity index (χ0n) is 30.8. The molecule has 0 aromatic carbocycles. The highest BCUT2D eigenvalue weighted by molar-refractivity contribution is 5.76. The van der Waals surface area contributed by atoms with Gasteiger partial charge in [0.2, 0.25) is 5.91 Å². The third-order valence-electron chi connectivity index (χ3n) is 9.81. The molecule has 268 valence electrons. The number of aliphatic hydroxyl groups excluding tert-OH is 2. The minimum absolute atomic E-state index is 0.0617. The molecule has 0 bridgehead atoms. The first kappa shape index (κ1) is 44.1. The van der Waals surface area contributed by atoms with Gasteiger partial charge in [0, 0.05) is 6.42 Å². The summed E-state index contributed by atoms with van der Waals surface area (Å²) in [6.07, 6.45) is 43.0. The highest BCUT2D eigenvalue weighted by Crippen LogP contribution is 2.16. The predicted molar refractivity (Wildman–Crippen MR) is 198 cm³/mol. The van der Waals surface area contributed by atoms with Gasteiger partial charge < -0.3 is 15.5 Å². The van der Waals surface area contributed by atoms with Crippen LogP contribution in [0.1, 0.15) is 220 Å². The first-order valence-electron chi connectivity index (χ1n) is 20.3. The average Bonchev–Trinajstić information content (AvgIpc) is 3.04. The monoisotopic (exact) mass is 636 g/mol. The molecule has 0 aliphatic heterocycles. The smallest absolute Gasteiger partial charge is 0.220 e. The molecule has 0 aromatic heterocycles. The fourth-order valence-corrected chi connectivity index (χ4v) is 6.27. The number of carbonyl (C=O) groups excluding carboxylic acids is 1. The first-order valence-corrected chi connectivity index (χ1v) is 20.3. The van der Waals surface area contributed by atoms with E-state index in [0.29, 0.717) is 6.42 Å². The second kappa shape index (κ2) is 36.0. The van der Waals surface area contributed by atoms with Crippen LogP contribution in [0.5, 0.6) is 0 Å². The standard InChI is InChI=1S/C41H81NO3/c1-4-6-7-8-9-10-11-12-13-14-15-16-17-18-19-24-27-30-33-36-41(45)42-39(37-43)40(44)35-32-29-26-23-21-20-22-25-28-31-34-38(3)5-2/h32,35,38-40,43-44H,4-31,33-34,36-37H2,1-3H3,(H,42,45)/b35-32+/t38-,39-,40+/m0/s1. The molecule has 3 atom stereocenters. The van der Waals surface area contributed by atoms with Crippen LogP contribution < -0.4 is 5.32 Å². The van der Waals surface area contributed by atoms with Gasteiger partial charge >= 0.3 is 0 Å². The summed E-state index contributed by atoms with van der Waals surface area (Å²) in [6, 6.07) is -0.616. The van der Waals surface area contributed by atoms with Crippen molar-refractivity contribution >= 4 is 5.91 Å². The number of unbranched alkanes of at least 4 members (excludes halogenated alkanes) is 26. The molecule has 0 rings (SSSR count). The molecule has 0 spiro atoms. The number of rotatable bonds is 36. The number of hydrogen-bond donors (Lipinski definition) is 3. The minimum atomic E-state index is -0.834. The van der Waals surface area contributed by atoms with Gasteiger partial charge in [0.25, 0.3) is 0 Å². The van der Waals surface area contributed by atoms with Crippen LogP contribution >= 0.6 is 0 Å². The summed E-state index contributed by atoms with van der Waals surface area (Å²) in [5, 5.41) is 22.9. The SMILES string of the molecule is CCCCCCCCCCCCCCCCCCCCCC(=O)N[C@@H](CO)[C@H](O)/C=C/CCCCCCCCCC[C@@H](C)CC. The number of carbonyl (C=O) groups is 1. The fourth-order valence-electron chi connectivity index (χ4n) is 6.27. The van der Waals surface area contributed by atoms with Crippen LogP contribution in [0.4, 0.5) is 0 Å². The van der Waals surface area contributed by atoms with Crippen molar-refractivity contribution in [2.24, 2.45) is 5.92 Å². The predicted octanol–water partition coefficient (Wildman–Crippen LogP) is 12.1. The molecule has 0 aliphatic rings. The molecular weight excluding hydrogens is 554 g/mol. The van der Waals surface area contributed by atoms with Crippen LogP contribution in [0.2, 0.25) is 0 Å². The third kappa shape index (κ3) is 32.8. The van der Waals surface area contributed by atoms with E-state index in [1.54, 1.807) is 6.08 Å². The van der Waals surface area contributed by atoms with Gasteiger partial charge in [-0.1, -0.05) is 206 Å². The van der Waals surface area contributed by atoms with E-state index < -0.39 is 12.1 Å². The summed E-state index contributed by atoms with van der Waals surface area (Å²) in [7, 11) is 0. The van der Waals surface area contributed by atoms with Gasteiger partial charge in [-0.2, -0.15) is 0 Å². The zero-order chi connectivity index (χ0) is 33.1. The van der Waals surface area contributed by atoms with Gasteiger partial charge in [-0.05, 0) is 25.2 Å². The molecule has 0 unspecified atom stereocenters. The molecule has 0 aromatic rings. The Balaban J connectivity index is 3.56. The summed E-state index contributed by atoms with van der Waals surface area (Å²) in [5.74, 6) is 0.821. The molecule has 4 nitrogen and oxygen atoms in total. The Morgan fingerprint density at radius 2 is 1.00 bits per heavy atom. The number of nitrogens with one attached hydrogen (secondary N) is 1. The van der Waals surface area contributed by atoms with E-state index in [0.717, 1.165) is 31.6 Å². The summed E-state index contributed by atoms with van der Waals surface area (Å²) in [4.78, 5) is 12.3. The molecule has 0 saturated heterocycles. The molecular formula is C41H81NO3. The first-order chi connectivity index (χ1) is 22.0. The Hall–Kier alpha value is -0.870. The quantitative estimate of drug-likeness (QED) is 0.0474. The largest absolute Gasteiger partial charge is 0.394 e. The van der Waals surface area contributed by atoms with Crippen LogP contribution in [-0.2, 0) is 4.79 Å². The summed E-state index contributed by atoms with van der Waals surface area (Å²) >= 11 is 0. The molecule has 3 N–H and O–H groups in total. The van der Waals surface area contributed by atoms with Crippen LogP contribution in [0.15, 0.2) is 12.2 Å². The van der Waals surface area contributed by atoms with Crippen LogP contribution in [0.25, 0.3) is 0 Å². The normalized spacial score (nSPS) is 13.8. The third-order valence-corrected chi connectivity index (χ3v) is 9.81. The number of hydrogen-bond acceptors (Lipinski definition) is 3. The molecule has 0 heterocycles. The van der Waals surface area contributed by atoms with E-state index in [4.69, 9.17) is 0 Å². The molecule has 0 fully saturated rings. The zero-order valence-corrected chi connectivity index (χ0v) is 30.8. The Morgan fingerprint density at radius 3 is 1.42 bits per heavy atom. The van der Waals surface area contributed by atoms with Gasteiger partial charge in [0.15, 0.2) is 0 Å². The van der Waals surface area contributed by atoms with Crippen molar-refractivity contribution < 1.29 is 15.0 Å². The van der Waals surface area contributed by atoms with E-state index >= 15 is 0 Å². The Morgan fingerprint density at radius 1 is 0.600 bits per heavy atom. The van der Waals surface area contributed by atoms with Crippen molar-refractivity contribution in [3.63, 3.8) is 0 Å². The maximum Gasteiger partial charge on any atom is 0.220 e. The van der Waals surface area contributed by atoms with Gasteiger partial charge in [-0.25, -0.2) is 0 Å². The van der Waals surface area contributed by atoms with Crippen molar-refractivity contribution in [2.75, 3.05) is 6.61 Å². The second-order valence-electron chi connectivity index (χ2n) is 14.3. The molecule has 0 radical (unpaired) electrons. The van der Waals surface area contributed by atoms with Gasteiger partial charge in [-0.3, -0.25) is 4.79 Å². The minimum Gasteiger partial charge on any atom is -0.394 e. The van der Waals surface area contributed by atoms with Crippen molar-refractivity contribution in [1.29, 1.82) is 0 Å². The van der Waals surface area contributed by atoms with E-state index in [1.165, 1.54) is 167 Å². The molecule has 45 heavy (non-hydrogen) atoms. The van der Waals surface area contributed by atoms with Crippen LogP contribution in [0.3, 0.4) is 0 Å². The topological polar surface area (TPSA) is 69.6 Å². The lowest BCUT2D eigenvalue weighted by Gasteiger charge is -2.20. The average molecular weight is 636 g/mol. The number of amides is 1. The van der Waals surface area contributed by atoms with Crippen molar-refractivity contribution in [2.45, 2.75) is 232 Å². The maximum absolute atomic E-state index is 12.3. The second-order valence-corrected chi connectivity index (χ2v) is 14.3. The summed E-state index contributed by atoms with van der Waals surface area (Å²) in [6.45, 7) is 6.69. The van der Waals surface area contributed by atoms with Crippen LogP contribution in [0, 0.1) is 5.92 Å². The van der Waals surface area contributed by atoms with E-state index in [1.807, 2.05) is 6.08 Å². The lowest BCUT2D eigenvalue weighted by molar-refractivity contribution is -0.123. The van der Waals surface area contributed by atoms with Crippen molar-refractivity contribution in [3.8, 4) is 0 Å². The van der Waals surface area contributed by atoms with Gasteiger partial charge in [0.1, 0.15) is 0 Å². The van der Waals surface area contributed by atoms with Gasteiger partial charge in [-0.15, -0.1) is 0 Å². The van der Waals surface area contributed by atoms with Crippen molar-refractivity contribution in [1.82, 2.24) is 5.32 Å². The summed E-state index contributed by atoms with van der Waals surface area (Å²) < 4.78 is 0. The number of aliphatic hydroxyl groups is 2. The molecule has 0 saturated carbocycles.